The second-order valence-corrected chi connectivity index (χ2v) is 8.38. The van der Waals surface area contributed by atoms with Crippen molar-refractivity contribution in [3.8, 4) is 5.75 Å². The minimum absolute atomic E-state index is 0.0830. The van der Waals surface area contributed by atoms with Gasteiger partial charge in [0.15, 0.2) is 0 Å². The average Bonchev–Trinajstić information content (AvgIpc) is 3.39. The first kappa shape index (κ1) is 16.7. The normalized spacial score (nSPS) is 25.3. The van der Waals surface area contributed by atoms with E-state index in [-0.39, 0.29) is 17.9 Å². The van der Waals surface area contributed by atoms with E-state index in [0.717, 1.165) is 24.5 Å². The molecule has 1 heterocycles. The maximum atomic E-state index is 11.8. The molecule has 0 radical (unpaired) electrons. The van der Waals surface area contributed by atoms with Crippen LogP contribution < -0.4 is 9.46 Å². The van der Waals surface area contributed by atoms with Gasteiger partial charge in [0.25, 0.3) is 0 Å². The lowest BCUT2D eigenvalue weighted by molar-refractivity contribution is -0.0279. The summed E-state index contributed by atoms with van der Waals surface area (Å²) >= 11 is 0. The van der Waals surface area contributed by atoms with E-state index in [4.69, 9.17) is 9.47 Å². The number of hydrogen-bond donors (Lipinski definition) is 1. The first-order valence-electron chi connectivity index (χ1n) is 8.42. The second kappa shape index (κ2) is 7.20. The topological polar surface area (TPSA) is 64.6 Å². The van der Waals surface area contributed by atoms with Gasteiger partial charge in [-0.15, -0.1) is 0 Å². The number of ether oxygens (including phenoxy) is 2. The molecule has 1 aliphatic carbocycles. The van der Waals surface area contributed by atoms with E-state index in [1.54, 1.807) is 6.92 Å². The summed E-state index contributed by atoms with van der Waals surface area (Å²) in [5.41, 5.74) is 1.37. The zero-order valence-corrected chi connectivity index (χ0v) is 14.3. The summed E-state index contributed by atoms with van der Waals surface area (Å²) in [6.07, 6.45) is 3.98. The largest absolute Gasteiger partial charge is 0.491 e. The van der Waals surface area contributed by atoms with Crippen LogP contribution in [-0.4, -0.2) is 39.5 Å². The third-order valence-corrected chi connectivity index (χ3v) is 5.92. The quantitative estimate of drug-likeness (QED) is 0.829. The molecule has 2 aliphatic rings. The first-order valence-corrected chi connectivity index (χ1v) is 10.1. The highest BCUT2D eigenvalue weighted by molar-refractivity contribution is 7.89. The van der Waals surface area contributed by atoms with E-state index < -0.39 is 10.0 Å². The first-order chi connectivity index (χ1) is 11.1. The Morgan fingerprint density at radius 2 is 1.96 bits per heavy atom. The van der Waals surface area contributed by atoms with Crippen LogP contribution in [0, 0.1) is 0 Å². The molecular formula is C17H25NO4S. The Morgan fingerprint density at radius 3 is 2.61 bits per heavy atom. The van der Waals surface area contributed by atoms with Crippen molar-refractivity contribution in [2.45, 2.75) is 50.7 Å². The van der Waals surface area contributed by atoms with Crippen molar-refractivity contribution in [3.05, 3.63) is 29.8 Å². The van der Waals surface area contributed by atoms with Crippen molar-refractivity contribution in [3.63, 3.8) is 0 Å². The molecule has 23 heavy (non-hydrogen) atoms. The third-order valence-electron chi connectivity index (χ3n) is 4.49. The highest BCUT2D eigenvalue weighted by Crippen LogP contribution is 2.40. The van der Waals surface area contributed by atoms with Gasteiger partial charge in [0.2, 0.25) is 10.0 Å². The van der Waals surface area contributed by atoms with Crippen LogP contribution >= 0.6 is 0 Å². The number of hydrogen-bond acceptors (Lipinski definition) is 4. The van der Waals surface area contributed by atoms with Crippen LogP contribution in [0.15, 0.2) is 24.3 Å². The monoisotopic (exact) mass is 339 g/mol. The van der Waals surface area contributed by atoms with E-state index in [0.29, 0.717) is 13.2 Å². The van der Waals surface area contributed by atoms with Gasteiger partial charge in [-0.3, -0.25) is 0 Å². The summed E-state index contributed by atoms with van der Waals surface area (Å²) in [5, 5.41) is 0. The summed E-state index contributed by atoms with van der Waals surface area (Å²) in [6, 6.07) is 8.00. The molecule has 2 atom stereocenters. The van der Waals surface area contributed by atoms with Gasteiger partial charge in [-0.25, -0.2) is 13.1 Å². The van der Waals surface area contributed by atoms with Crippen LogP contribution in [-0.2, 0) is 14.8 Å². The van der Waals surface area contributed by atoms with Crippen LogP contribution in [0.4, 0.5) is 0 Å². The van der Waals surface area contributed by atoms with E-state index in [9.17, 15) is 8.42 Å². The molecule has 1 aromatic carbocycles. The molecule has 1 aromatic rings. The van der Waals surface area contributed by atoms with Crippen molar-refractivity contribution < 1.29 is 17.9 Å². The van der Waals surface area contributed by atoms with E-state index in [1.165, 1.54) is 18.4 Å². The van der Waals surface area contributed by atoms with Gasteiger partial charge in [-0.1, -0.05) is 12.1 Å². The van der Waals surface area contributed by atoms with Crippen LogP contribution in [0.25, 0.3) is 0 Å². The Hall–Kier alpha value is -1.11. The highest BCUT2D eigenvalue weighted by Gasteiger charge is 2.29. The van der Waals surface area contributed by atoms with E-state index >= 15 is 0 Å². The van der Waals surface area contributed by atoms with E-state index in [1.807, 2.05) is 12.1 Å². The molecular weight excluding hydrogens is 314 g/mol. The van der Waals surface area contributed by atoms with Gasteiger partial charge in [0.05, 0.1) is 11.8 Å². The van der Waals surface area contributed by atoms with Gasteiger partial charge in [-0.05, 0) is 56.2 Å². The van der Waals surface area contributed by atoms with Gasteiger partial charge < -0.3 is 9.47 Å². The van der Waals surface area contributed by atoms with Crippen LogP contribution in [0.3, 0.4) is 0 Å². The maximum Gasteiger partial charge on any atom is 0.211 e. The molecule has 2 fully saturated rings. The zero-order valence-electron chi connectivity index (χ0n) is 13.5. The van der Waals surface area contributed by atoms with Crippen molar-refractivity contribution >= 4 is 10.0 Å². The predicted octanol–water partition coefficient (Wildman–Crippen LogP) is 2.43. The molecule has 5 nitrogen and oxygen atoms in total. The van der Waals surface area contributed by atoms with Crippen molar-refractivity contribution in [2.75, 3.05) is 19.0 Å². The van der Waals surface area contributed by atoms with E-state index in [2.05, 4.69) is 16.9 Å². The fraction of sp³-hybridized carbons (Fsp3) is 0.647. The Kier molecular flexibility index (Phi) is 5.24. The smallest absolute Gasteiger partial charge is 0.211 e. The molecule has 0 amide bonds. The Balaban J connectivity index is 1.56. The molecule has 6 heteroatoms. The van der Waals surface area contributed by atoms with Crippen molar-refractivity contribution in [2.24, 2.45) is 0 Å². The lowest BCUT2D eigenvalue weighted by Crippen LogP contribution is -2.49. The number of rotatable bonds is 7. The van der Waals surface area contributed by atoms with Crippen molar-refractivity contribution in [1.29, 1.82) is 0 Å². The van der Waals surface area contributed by atoms with Gasteiger partial charge in [-0.2, -0.15) is 0 Å². The van der Waals surface area contributed by atoms with Crippen LogP contribution in [0.5, 0.6) is 5.75 Å². The predicted molar refractivity (Wildman–Crippen MR) is 89.3 cm³/mol. The van der Waals surface area contributed by atoms with Crippen molar-refractivity contribution in [1.82, 2.24) is 4.72 Å². The molecule has 1 N–H and O–H groups in total. The number of benzene rings is 1. The fourth-order valence-corrected chi connectivity index (χ4v) is 3.78. The molecule has 1 saturated carbocycles. The van der Waals surface area contributed by atoms with Gasteiger partial charge in [0.1, 0.15) is 18.5 Å². The summed E-state index contributed by atoms with van der Waals surface area (Å²) in [6.45, 7) is 2.65. The standard InChI is InChI=1S/C17H25NO4S/c1-2-23(19,20)18-16-4-3-11-21-17(16)12-22-15-9-7-14(8-10-15)13-5-6-13/h7-10,13,16-18H,2-6,11-12H2,1H3/t16-,17+/m0/s1. The Bertz CT molecular complexity index is 610. The minimum atomic E-state index is -3.23. The average molecular weight is 339 g/mol. The zero-order chi connectivity index (χ0) is 16.3. The maximum absolute atomic E-state index is 11.8. The highest BCUT2D eigenvalue weighted by atomic mass is 32.2. The summed E-state index contributed by atoms with van der Waals surface area (Å²) in [5.74, 6) is 1.62. The number of sulfonamides is 1. The molecule has 0 spiro atoms. The molecule has 1 saturated heterocycles. The summed E-state index contributed by atoms with van der Waals surface area (Å²) < 4.78 is 37.8. The Labute approximate surface area is 138 Å². The van der Waals surface area contributed by atoms with Gasteiger partial charge in [0, 0.05) is 6.61 Å². The minimum Gasteiger partial charge on any atom is -0.491 e. The molecule has 1 aliphatic heterocycles. The van der Waals surface area contributed by atoms with Gasteiger partial charge >= 0.3 is 0 Å². The third kappa shape index (κ3) is 4.68. The molecule has 0 unspecified atom stereocenters. The molecule has 0 bridgehead atoms. The molecule has 3 rings (SSSR count). The lowest BCUT2D eigenvalue weighted by atomic mass is 10.0. The molecule has 0 aromatic heterocycles. The summed E-state index contributed by atoms with van der Waals surface area (Å²) in [7, 11) is -3.23. The lowest BCUT2D eigenvalue weighted by Gasteiger charge is -2.31. The second-order valence-electron chi connectivity index (χ2n) is 6.33. The Morgan fingerprint density at radius 1 is 1.22 bits per heavy atom. The summed E-state index contributed by atoms with van der Waals surface area (Å²) in [4.78, 5) is 0. The SMILES string of the molecule is CCS(=O)(=O)N[C@H]1CCCO[C@@H]1COc1ccc(C2CC2)cc1. The van der Waals surface area contributed by atoms with Crippen LogP contribution in [0.2, 0.25) is 0 Å². The van der Waals surface area contributed by atoms with Crippen LogP contribution in [0.1, 0.15) is 44.1 Å². The fourth-order valence-electron chi connectivity index (χ4n) is 2.88. The molecule has 128 valence electrons. The number of nitrogens with one attached hydrogen (secondary N) is 1.